The Morgan fingerprint density at radius 1 is 0.962 bits per heavy atom. The number of hydrogen-bond donors (Lipinski definition) is 2. The van der Waals surface area contributed by atoms with Gasteiger partial charge in [-0.25, -0.2) is 0 Å². The molecule has 1 atom stereocenters. The molecular weight excluding hydrogens is 332 g/mol. The fourth-order valence-electron chi connectivity index (χ4n) is 2.29. The standard InChI is InChI=1S/C20H24N2O4/c1-4-18(26-17-9-5-14(2)6-10-17)20(24)22-21-19(23)13-15-7-11-16(25-3)12-8-15/h5-12,18H,4,13H2,1-3H3,(H,21,23)(H,22,24). The summed E-state index contributed by atoms with van der Waals surface area (Å²) in [7, 11) is 1.58. The van der Waals surface area contributed by atoms with Crippen LogP contribution in [0.3, 0.4) is 0 Å². The first kappa shape index (κ1) is 19.3. The molecule has 0 fully saturated rings. The van der Waals surface area contributed by atoms with Gasteiger partial charge in [0.15, 0.2) is 6.10 Å². The maximum absolute atomic E-state index is 12.2. The molecule has 0 saturated carbocycles. The number of methoxy groups -OCH3 is 1. The Morgan fingerprint density at radius 3 is 2.15 bits per heavy atom. The van der Waals surface area contributed by atoms with E-state index in [1.165, 1.54) is 0 Å². The molecular formula is C20H24N2O4. The number of ether oxygens (including phenoxy) is 2. The highest BCUT2D eigenvalue weighted by atomic mass is 16.5. The van der Waals surface area contributed by atoms with Crippen LogP contribution in [-0.2, 0) is 16.0 Å². The molecule has 2 aromatic rings. The Labute approximate surface area is 153 Å². The van der Waals surface area contributed by atoms with E-state index in [1.54, 1.807) is 31.4 Å². The molecule has 0 heterocycles. The quantitative estimate of drug-likeness (QED) is 0.748. The van der Waals surface area contributed by atoms with Crippen LogP contribution in [0.25, 0.3) is 0 Å². The smallest absolute Gasteiger partial charge is 0.279 e. The Kier molecular flexibility index (Phi) is 7.02. The number of carbonyl (C=O) groups is 2. The molecule has 26 heavy (non-hydrogen) atoms. The van der Waals surface area contributed by atoms with E-state index >= 15 is 0 Å². The number of carbonyl (C=O) groups excluding carboxylic acids is 2. The highest BCUT2D eigenvalue weighted by molar-refractivity contribution is 5.85. The van der Waals surface area contributed by atoms with Gasteiger partial charge in [-0.05, 0) is 43.2 Å². The van der Waals surface area contributed by atoms with Crippen molar-refractivity contribution >= 4 is 11.8 Å². The van der Waals surface area contributed by atoms with Gasteiger partial charge in [0.25, 0.3) is 5.91 Å². The lowest BCUT2D eigenvalue weighted by molar-refractivity contribution is -0.133. The second-order valence-corrected chi connectivity index (χ2v) is 5.89. The first-order valence-electron chi connectivity index (χ1n) is 8.46. The number of hydrogen-bond acceptors (Lipinski definition) is 4. The van der Waals surface area contributed by atoms with Crippen LogP contribution < -0.4 is 20.3 Å². The molecule has 0 bridgehead atoms. The monoisotopic (exact) mass is 356 g/mol. The van der Waals surface area contributed by atoms with Crippen molar-refractivity contribution < 1.29 is 19.1 Å². The zero-order chi connectivity index (χ0) is 18.9. The minimum atomic E-state index is -0.681. The molecule has 0 radical (unpaired) electrons. The molecule has 0 spiro atoms. The van der Waals surface area contributed by atoms with E-state index in [0.29, 0.717) is 12.2 Å². The molecule has 2 rings (SSSR count). The van der Waals surface area contributed by atoms with E-state index in [0.717, 1.165) is 16.9 Å². The molecule has 2 aromatic carbocycles. The van der Waals surface area contributed by atoms with Crippen LogP contribution in [0, 0.1) is 6.92 Å². The van der Waals surface area contributed by atoms with E-state index in [4.69, 9.17) is 9.47 Å². The predicted molar refractivity (Wildman–Crippen MR) is 98.9 cm³/mol. The maximum Gasteiger partial charge on any atom is 0.279 e. The van der Waals surface area contributed by atoms with Crippen molar-refractivity contribution in [3.8, 4) is 11.5 Å². The Hall–Kier alpha value is -3.02. The number of nitrogens with one attached hydrogen (secondary N) is 2. The summed E-state index contributed by atoms with van der Waals surface area (Å²) in [6.07, 6.45) is -0.0486. The lowest BCUT2D eigenvalue weighted by atomic mass is 10.1. The van der Waals surface area contributed by atoms with Gasteiger partial charge in [0, 0.05) is 0 Å². The van der Waals surface area contributed by atoms with Crippen LogP contribution in [0.4, 0.5) is 0 Å². The molecule has 0 aliphatic carbocycles. The SMILES string of the molecule is CCC(Oc1ccc(C)cc1)C(=O)NNC(=O)Cc1ccc(OC)cc1. The van der Waals surface area contributed by atoms with Crippen molar-refractivity contribution in [1.29, 1.82) is 0 Å². The summed E-state index contributed by atoms with van der Waals surface area (Å²) in [6, 6.07) is 14.6. The van der Waals surface area contributed by atoms with E-state index in [1.807, 2.05) is 38.1 Å². The molecule has 6 nitrogen and oxygen atoms in total. The van der Waals surface area contributed by atoms with Gasteiger partial charge in [-0.1, -0.05) is 36.8 Å². The summed E-state index contributed by atoms with van der Waals surface area (Å²) >= 11 is 0. The molecule has 1 unspecified atom stereocenters. The third kappa shape index (κ3) is 5.81. The maximum atomic E-state index is 12.2. The van der Waals surface area contributed by atoms with Crippen molar-refractivity contribution in [1.82, 2.24) is 10.9 Å². The molecule has 6 heteroatoms. The van der Waals surface area contributed by atoms with E-state index in [-0.39, 0.29) is 12.3 Å². The Bertz CT molecular complexity index is 726. The van der Waals surface area contributed by atoms with Crippen LogP contribution in [0.15, 0.2) is 48.5 Å². The fourth-order valence-corrected chi connectivity index (χ4v) is 2.29. The van der Waals surface area contributed by atoms with Crippen molar-refractivity contribution in [2.24, 2.45) is 0 Å². The molecule has 0 aromatic heterocycles. The van der Waals surface area contributed by atoms with E-state index < -0.39 is 12.0 Å². The number of amides is 2. The molecule has 2 amide bonds. The van der Waals surface area contributed by atoms with Crippen LogP contribution in [0.1, 0.15) is 24.5 Å². The van der Waals surface area contributed by atoms with Crippen molar-refractivity contribution in [2.45, 2.75) is 32.8 Å². The van der Waals surface area contributed by atoms with Crippen molar-refractivity contribution in [3.63, 3.8) is 0 Å². The lowest BCUT2D eigenvalue weighted by Gasteiger charge is -2.17. The first-order chi connectivity index (χ1) is 12.5. The van der Waals surface area contributed by atoms with Gasteiger partial charge in [0.05, 0.1) is 13.5 Å². The van der Waals surface area contributed by atoms with Crippen molar-refractivity contribution in [2.75, 3.05) is 7.11 Å². The van der Waals surface area contributed by atoms with Crippen molar-refractivity contribution in [3.05, 3.63) is 59.7 Å². The Morgan fingerprint density at radius 2 is 1.58 bits per heavy atom. The topological polar surface area (TPSA) is 76.7 Å². The Balaban J connectivity index is 1.82. The molecule has 0 aliphatic rings. The second-order valence-electron chi connectivity index (χ2n) is 5.89. The zero-order valence-electron chi connectivity index (χ0n) is 15.2. The minimum absolute atomic E-state index is 0.153. The van der Waals surface area contributed by atoms with Gasteiger partial charge in [-0.3, -0.25) is 20.4 Å². The average molecular weight is 356 g/mol. The minimum Gasteiger partial charge on any atom is -0.497 e. The van der Waals surface area contributed by atoms with Crippen LogP contribution in [-0.4, -0.2) is 25.0 Å². The second kappa shape index (κ2) is 9.46. The number of rotatable bonds is 7. The van der Waals surface area contributed by atoms with Gasteiger partial charge < -0.3 is 9.47 Å². The summed E-state index contributed by atoms with van der Waals surface area (Å²) in [4.78, 5) is 24.2. The molecule has 0 saturated heterocycles. The van der Waals surface area contributed by atoms with Gasteiger partial charge in [0.2, 0.25) is 5.91 Å². The average Bonchev–Trinajstić information content (AvgIpc) is 2.66. The third-order valence-corrected chi connectivity index (χ3v) is 3.81. The van der Waals surface area contributed by atoms with Gasteiger partial charge in [-0.15, -0.1) is 0 Å². The summed E-state index contributed by atoms with van der Waals surface area (Å²) in [5, 5.41) is 0. The van der Waals surface area contributed by atoms with Gasteiger partial charge in [-0.2, -0.15) is 0 Å². The van der Waals surface area contributed by atoms with Gasteiger partial charge >= 0.3 is 0 Å². The zero-order valence-corrected chi connectivity index (χ0v) is 15.2. The van der Waals surface area contributed by atoms with Crippen LogP contribution in [0.5, 0.6) is 11.5 Å². The largest absolute Gasteiger partial charge is 0.497 e. The highest BCUT2D eigenvalue weighted by Crippen LogP contribution is 2.14. The van der Waals surface area contributed by atoms with E-state index in [2.05, 4.69) is 10.9 Å². The fraction of sp³-hybridized carbons (Fsp3) is 0.300. The first-order valence-corrected chi connectivity index (χ1v) is 8.46. The predicted octanol–water partition coefficient (Wildman–Crippen LogP) is 2.55. The lowest BCUT2D eigenvalue weighted by Crippen LogP contribution is -2.48. The number of aryl methyl sites for hydroxylation is 1. The molecule has 0 aliphatic heterocycles. The highest BCUT2D eigenvalue weighted by Gasteiger charge is 2.19. The summed E-state index contributed by atoms with van der Waals surface area (Å²) in [5.74, 6) is 0.633. The van der Waals surface area contributed by atoms with E-state index in [9.17, 15) is 9.59 Å². The number of benzene rings is 2. The third-order valence-electron chi connectivity index (χ3n) is 3.81. The normalized spacial score (nSPS) is 11.3. The van der Waals surface area contributed by atoms with Crippen LogP contribution >= 0.6 is 0 Å². The molecule has 138 valence electrons. The molecule has 2 N–H and O–H groups in total. The number of hydrazine groups is 1. The van der Waals surface area contributed by atoms with Gasteiger partial charge in [0.1, 0.15) is 11.5 Å². The summed E-state index contributed by atoms with van der Waals surface area (Å²) in [6.45, 7) is 3.82. The van der Waals surface area contributed by atoms with Crippen LogP contribution in [0.2, 0.25) is 0 Å². The summed E-state index contributed by atoms with van der Waals surface area (Å²) in [5.41, 5.74) is 6.77. The summed E-state index contributed by atoms with van der Waals surface area (Å²) < 4.78 is 10.8.